The number of anilines is 2. The lowest BCUT2D eigenvalue weighted by molar-refractivity contribution is 0.430. The summed E-state index contributed by atoms with van der Waals surface area (Å²) in [5.41, 5.74) is 2.02. The standard InChI is InChI=1S/C13H16N4O/c1-14-11-6-4-10(5-7-11)12-15-13(16-18-12)17-8-2-3-9-17/h4-7,14H,2-3,8-9H2,1H3. The number of nitrogens with one attached hydrogen (secondary N) is 1. The van der Waals surface area contributed by atoms with E-state index in [2.05, 4.69) is 20.4 Å². The molecule has 3 rings (SSSR count). The molecule has 2 aromatic rings. The second kappa shape index (κ2) is 4.68. The molecule has 0 unspecified atom stereocenters. The van der Waals surface area contributed by atoms with Crippen molar-refractivity contribution in [2.24, 2.45) is 0 Å². The van der Waals surface area contributed by atoms with Crippen molar-refractivity contribution in [3.05, 3.63) is 24.3 Å². The molecule has 1 aliphatic rings. The van der Waals surface area contributed by atoms with Crippen LogP contribution in [0, 0.1) is 0 Å². The third kappa shape index (κ3) is 2.03. The quantitative estimate of drug-likeness (QED) is 0.898. The molecule has 5 heteroatoms. The largest absolute Gasteiger partial charge is 0.388 e. The molecule has 5 nitrogen and oxygen atoms in total. The summed E-state index contributed by atoms with van der Waals surface area (Å²) in [5.74, 6) is 1.29. The molecule has 94 valence electrons. The van der Waals surface area contributed by atoms with Gasteiger partial charge < -0.3 is 14.7 Å². The number of rotatable bonds is 3. The van der Waals surface area contributed by atoms with Crippen molar-refractivity contribution in [2.45, 2.75) is 12.8 Å². The molecule has 0 saturated carbocycles. The second-order valence-corrected chi connectivity index (χ2v) is 4.42. The first-order valence-corrected chi connectivity index (χ1v) is 6.23. The Morgan fingerprint density at radius 2 is 1.89 bits per heavy atom. The molecular formula is C13H16N4O. The number of aromatic nitrogens is 2. The first kappa shape index (κ1) is 11.1. The van der Waals surface area contributed by atoms with Gasteiger partial charge in [0.1, 0.15) is 0 Å². The maximum absolute atomic E-state index is 5.31. The van der Waals surface area contributed by atoms with Crippen LogP contribution in [0.2, 0.25) is 0 Å². The van der Waals surface area contributed by atoms with E-state index in [1.165, 1.54) is 12.8 Å². The van der Waals surface area contributed by atoms with Crippen LogP contribution in [0.3, 0.4) is 0 Å². The highest BCUT2D eigenvalue weighted by Crippen LogP contribution is 2.23. The zero-order valence-corrected chi connectivity index (χ0v) is 10.4. The maximum Gasteiger partial charge on any atom is 0.266 e. The Hall–Kier alpha value is -2.04. The monoisotopic (exact) mass is 244 g/mol. The normalized spacial score (nSPS) is 15.1. The van der Waals surface area contributed by atoms with Crippen LogP contribution >= 0.6 is 0 Å². The van der Waals surface area contributed by atoms with Crippen molar-refractivity contribution in [2.75, 3.05) is 30.4 Å². The predicted octanol–water partition coefficient (Wildman–Crippen LogP) is 2.38. The summed E-state index contributed by atoms with van der Waals surface area (Å²) >= 11 is 0. The van der Waals surface area contributed by atoms with Gasteiger partial charge in [0.25, 0.3) is 11.8 Å². The number of nitrogens with zero attached hydrogens (tertiary/aromatic N) is 3. The fourth-order valence-corrected chi connectivity index (χ4v) is 2.16. The molecule has 0 radical (unpaired) electrons. The van der Waals surface area contributed by atoms with Crippen molar-refractivity contribution in [3.8, 4) is 11.5 Å². The van der Waals surface area contributed by atoms with Crippen LogP contribution < -0.4 is 10.2 Å². The molecule has 1 fully saturated rings. The first-order valence-electron chi connectivity index (χ1n) is 6.23. The zero-order valence-electron chi connectivity index (χ0n) is 10.4. The minimum Gasteiger partial charge on any atom is -0.388 e. The molecule has 0 aliphatic carbocycles. The zero-order chi connectivity index (χ0) is 12.4. The smallest absolute Gasteiger partial charge is 0.266 e. The lowest BCUT2D eigenvalue weighted by atomic mass is 10.2. The van der Waals surface area contributed by atoms with Crippen molar-refractivity contribution in [1.82, 2.24) is 10.1 Å². The topological polar surface area (TPSA) is 54.2 Å². The molecule has 1 saturated heterocycles. The summed E-state index contributed by atoms with van der Waals surface area (Å²) in [5, 5.41) is 7.12. The Morgan fingerprint density at radius 3 is 2.56 bits per heavy atom. The SMILES string of the molecule is CNc1ccc(-c2nc(N3CCCC3)no2)cc1. The summed E-state index contributed by atoms with van der Waals surface area (Å²) in [4.78, 5) is 6.61. The molecule has 18 heavy (non-hydrogen) atoms. The molecule has 0 atom stereocenters. The van der Waals surface area contributed by atoms with Gasteiger partial charge in [0.05, 0.1) is 0 Å². The summed E-state index contributed by atoms with van der Waals surface area (Å²) in [6, 6.07) is 7.95. The van der Waals surface area contributed by atoms with E-state index >= 15 is 0 Å². The van der Waals surface area contributed by atoms with Gasteiger partial charge in [-0.15, -0.1) is 0 Å². The predicted molar refractivity (Wildman–Crippen MR) is 70.7 cm³/mol. The van der Waals surface area contributed by atoms with Crippen molar-refractivity contribution in [1.29, 1.82) is 0 Å². The van der Waals surface area contributed by atoms with Gasteiger partial charge in [-0.1, -0.05) is 0 Å². The van der Waals surface area contributed by atoms with Gasteiger partial charge in [-0.05, 0) is 42.3 Å². The van der Waals surface area contributed by atoms with Gasteiger partial charge in [-0.2, -0.15) is 4.98 Å². The maximum atomic E-state index is 5.31. The molecule has 1 aromatic heterocycles. The van der Waals surface area contributed by atoms with E-state index in [9.17, 15) is 0 Å². The average molecular weight is 244 g/mol. The Morgan fingerprint density at radius 1 is 1.17 bits per heavy atom. The van der Waals surface area contributed by atoms with E-state index < -0.39 is 0 Å². The molecule has 0 bridgehead atoms. The Kier molecular flexibility index (Phi) is 2.88. The van der Waals surface area contributed by atoms with Gasteiger partial charge in [0.2, 0.25) is 0 Å². The molecule has 0 amide bonds. The summed E-state index contributed by atoms with van der Waals surface area (Å²) in [7, 11) is 1.90. The van der Waals surface area contributed by atoms with Crippen LogP contribution in [0.1, 0.15) is 12.8 Å². The average Bonchev–Trinajstić information content (AvgIpc) is 3.09. The molecule has 1 aromatic carbocycles. The van der Waals surface area contributed by atoms with E-state index in [4.69, 9.17) is 4.52 Å². The molecular weight excluding hydrogens is 228 g/mol. The number of benzene rings is 1. The Bertz CT molecular complexity index is 514. The minimum absolute atomic E-state index is 0.583. The van der Waals surface area contributed by atoms with E-state index in [0.717, 1.165) is 24.3 Å². The van der Waals surface area contributed by atoms with Gasteiger partial charge in [0.15, 0.2) is 0 Å². The lowest BCUT2D eigenvalue weighted by Crippen LogP contribution is -2.18. The van der Waals surface area contributed by atoms with Gasteiger partial charge in [-0.3, -0.25) is 0 Å². The summed E-state index contributed by atoms with van der Waals surface area (Å²) in [6.45, 7) is 2.05. The minimum atomic E-state index is 0.583. The Labute approximate surface area is 106 Å². The fraction of sp³-hybridized carbons (Fsp3) is 0.385. The van der Waals surface area contributed by atoms with Gasteiger partial charge in [0, 0.05) is 31.4 Å². The molecule has 0 spiro atoms. The molecule has 1 aliphatic heterocycles. The second-order valence-electron chi connectivity index (χ2n) is 4.42. The van der Waals surface area contributed by atoms with E-state index in [0.29, 0.717) is 11.8 Å². The van der Waals surface area contributed by atoms with Crippen LogP contribution in [0.4, 0.5) is 11.6 Å². The molecule has 1 N–H and O–H groups in total. The highest BCUT2D eigenvalue weighted by atomic mass is 16.5. The number of hydrogen-bond acceptors (Lipinski definition) is 5. The van der Waals surface area contributed by atoms with Crippen LogP contribution in [0.5, 0.6) is 0 Å². The van der Waals surface area contributed by atoms with Gasteiger partial charge >= 0.3 is 0 Å². The lowest BCUT2D eigenvalue weighted by Gasteiger charge is -2.09. The van der Waals surface area contributed by atoms with Gasteiger partial charge in [-0.25, -0.2) is 0 Å². The van der Waals surface area contributed by atoms with E-state index in [1.807, 2.05) is 31.3 Å². The third-order valence-electron chi connectivity index (χ3n) is 3.22. The third-order valence-corrected chi connectivity index (χ3v) is 3.22. The fourth-order valence-electron chi connectivity index (χ4n) is 2.16. The highest BCUT2D eigenvalue weighted by molar-refractivity contribution is 5.59. The van der Waals surface area contributed by atoms with Crippen molar-refractivity contribution in [3.63, 3.8) is 0 Å². The van der Waals surface area contributed by atoms with Crippen LogP contribution in [-0.4, -0.2) is 30.3 Å². The van der Waals surface area contributed by atoms with Crippen molar-refractivity contribution < 1.29 is 4.52 Å². The van der Waals surface area contributed by atoms with Crippen LogP contribution in [-0.2, 0) is 0 Å². The van der Waals surface area contributed by atoms with Crippen LogP contribution in [0.15, 0.2) is 28.8 Å². The van der Waals surface area contributed by atoms with Crippen molar-refractivity contribution >= 4 is 11.6 Å². The van der Waals surface area contributed by atoms with Crippen LogP contribution in [0.25, 0.3) is 11.5 Å². The molecule has 2 heterocycles. The summed E-state index contributed by atoms with van der Waals surface area (Å²) in [6.07, 6.45) is 2.42. The Balaban J connectivity index is 1.82. The number of hydrogen-bond donors (Lipinski definition) is 1. The van der Waals surface area contributed by atoms with E-state index in [1.54, 1.807) is 0 Å². The summed E-state index contributed by atoms with van der Waals surface area (Å²) < 4.78 is 5.31. The highest BCUT2D eigenvalue weighted by Gasteiger charge is 2.18. The first-order chi connectivity index (χ1) is 8.86. The van der Waals surface area contributed by atoms with E-state index in [-0.39, 0.29) is 0 Å².